The number of ether oxygens (including phenoxy) is 1. The molecule has 5 saturated carbocycles. The Labute approximate surface area is 266 Å². The Bertz CT molecular complexity index is 1540. The van der Waals surface area contributed by atoms with E-state index >= 15 is 0 Å². The lowest BCUT2D eigenvalue weighted by molar-refractivity contribution is -0.124. The van der Waals surface area contributed by atoms with Crippen LogP contribution < -0.4 is 9.64 Å². The van der Waals surface area contributed by atoms with Gasteiger partial charge in [-0.15, -0.1) is 10.2 Å². The number of hydrogen-bond acceptors (Lipinski definition) is 7. The van der Waals surface area contributed by atoms with Crippen LogP contribution in [-0.2, 0) is 15.0 Å². The van der Waals surface area contributed by atoms with Crippen molar-refractivity contribution in [3.63, 3.8) is 0 Å². The molecule has 0 saturated heterocycles. The van der Waals surface area contributed by atoms with E-state index in [2.05, 4.69) is 35.3 Å². The molecular weight excluding hydrogens is 564 g/mol. The minimum Gasteiger partial charge on any atom is -0.496 e. The molecule has 0 atom stereocenters. The number of carbonyl (C=O) groups is 2. The molecule has 2 heterocycles. The first-order valence-electron chi connectivity index (χ1n) is 17.0. The largest absolute Gasteiger partial charge is 0.496 e. The molecule has 5 fully saturated rings. The van der Waals surface area contributed by atoms with Crippen LogP contribution in [0.4, 0.5) is 5.82 Å². The molecule has 2 bridgehead atoms. The molecule has 3 aromatic rings. The van der Waals surface area contributed by atoms with Crippen LogP contribution in [-0.4, -0.2) is 40.5 Å². The molecule has 1 amide bonds. The maximum atomic E-state index is 14.5. The van der Waals surface area contributed by atoms with Crippen molar-refractivity contribution >= 4 is 17.5 Å². The Morgan fingerprint density at radius 3 is 2.33 bits per heavy atom. The number of ketones is 1. The van der Waals surface area contributed by atoms with Crippen LogP contribution in [0.1, 0.15) is 113 Å². The average molecular weight is 611 g/mol. The molecule has 0 radical (unpaired) electrons. The smallest absolute Gasteiger partial charge is 0.247 e. The van der Waals surface area contributed by atoms with Crippen molar-refractivity contribution in [2.45, 2.75) is 109 Å². The van der Waals surface area contributed by atoms with E-state index in [0.717, 1.165) is 88.4 Å². The second-order valence-electron chi connectivity index (χ2n) is 14.6. The van der Waals surface area contributed by atoms with Crippen LogP contribution in [0.15, 0.2) is 40.9 Å². The number of aryl methyl sites for hydroxylation is 1. The van der Waals surface area contributed by atoms with Gasteiger partial charge in [0.05, 0.1) is 7.11 Å². The molecule has 45 heavy (non-hydrogen) atoms. The summed E-state index contributed by atoms with van der Waals surface area (Å²) in [6, 6.07) is 10.6. The van der Waals surface area contributed by atoms with E-state index in [1.54, 1.807) is 20.2 Å². The van der Waals surface area contributed by atoms with Gasteiger partial charge in [-0.25, -0.2) is 4.98 Å². The Hall–Kier alpha value is -3.55. The fourth-order valence-electron chi connectivity index (χ4n) is 8.54. The van der Waals surface area contributed by atoms with E-state index in [1.807, 2.05) is 17.0 Å². The number of carbonyl (C=O) groups excluding carboxylic acids is 2. The fraction of sp³-hybridized carbons (Fsp3) is 0.595. The Kier molecular flexibility index (Phi) is 8.03. The number of aromatic nitrogens is 3. The summed E-state index contributed by atoms with van der Waals surface area (Å²) in [7, 11) is 1.73. The average Bonchev–Trinajstić information content (AvgIpc) is 3.80. The summed E-state index contributed by atoms with van der Waals surface area (Å²) < 4.78 is 11.6. The van der Waals surface area contributed by atoms with Gasteiger partial charge in [-0.3, -0.25) is 9.69 Å². The van der Waals surface area contributed by atoms with Gasteiger partial charge in [-0.2, -0.15) is 0 Å². The highest BCUT2D eigenvalue weighted by molar-refractivity contribution is 5.94. The van der Waals surface area contributed by atoms with Crippen molar-refractivity contribution in [1.29, 1.82) is 0 Å². The third-order valence-electron chi connectivity index (χ3n) is 11.6. The van der Waals surface area contributed by atoms with Crippen molar-refractivity contribution in [3.05, 3.63) is 53.5 Å². The van der Waals surface area contributed by atoms with Gasteiger partial charge in [-0.1, -0.05) is 12.1 Å². The van der Waals surface area contributed by atoms with E-state index in [4.69, 9.17) is 14.1 Å². The summed E-state index contributed by atoms with van der Waals surface area (Å²) in [4.78, 5) is 33.0. The van der Waals surface area contributed by atoms with E-state index in [0.29, 0.717) is 42.4 Å². The number of pyridine rings is 1. The second-order valence-corrected chi connectivity index (χ2v) is 14.6. The standard InChI is InChI=1S/C37H46N4O4/c1-24-20-30(10-11-31(24)44-3)37-16-13-36(14-17-37,15-18-37)23-41(35(43)28-6-4-26(5-7-28)21-25(2)42)32-22-29(12-19-38-32)34-40-39-33(45-34)27-8-9-27/h10-12,19-20,22,26-28H,4-9,13-18,21,23H2,1-3H3. The Balaban J connectivity index is 1.13. The maximum Gasteiger partial charge on any atom is 0.247 e. The van der Waals surface area contributed by atoms with Gasteiger partial charge in [0, 0.05) is 36.6 Å². The van der Waals surface area contributed by atoms with Crippen LogP contribution >= 0.6 is 0 Å². The first kappa shape index (κ1) is 30.1. The molecule has 1 aromatic carbocycles. The van der Waals surface area contributed by atoms with E-state index in [1.165, 1.54) is 11.1 Å². The lowest BCUT2D eigenvalue weighted by Gasteiger charge is -2.55. The highest BCUT2D eigenvalue weighted by atomic mass is 16.5. The summed E-state index contributed by atoms with van der Waals surface area (Å²) in [6.07, 6.45) is 14.8. The zero-order chi connectivity index (χ0) is 31.2. The van der Waals surface area contributed by atoms with E-state index in [-0.39, 0.29) is 28.4 Å². The van der Waals surface area contributed by atoms with Crippen molar-refractivity contribution in [2.24, 2.45) is 17.3 Å². The molecule has 5 aliphatic carbocycles. The molecule has 0 N–H and O–H groups in total. The zero-order valence-electron chi connectivity index (χ0n) is 27.0. The lowest BCUT2D eigenvalue weighted by Crippen LogP contribution is -2.52. The molecule has 8 heteroatoms. The van der Waals surface area contributed by atoms with Gasteiger partial charge in [0.1, 0.15) is 17.4 Å². The number of nitrogens with zero attached hydrogens (tertiary/aromatic N) is 4. The Morgan fingerprint density at radius 2 is 1.69 bits per heavy atom. The second kappa shape index (κ2) is 12.0. The highest BCUT2D eigenvalue weighted by Crippen LogP contribution is 2.58. The molecule has 5 aliphatic rings. The quantitative estimate of drug-likeness (QED) is 0.232. The van der Waals surface area contributed by atoms with E-state index < -0.39 is 0 Å². The van der Waals surface area contributed by atoms with E-state index in [9.17, 15) is 9.59 Å². The Morgan fingerprint density at radius 1 is 0.956 bits per heavy atom. The van der Waals surface area contributed by atoms with Gasteiger partial charge >= 0.3 is 0 Å². The summed E-state index contributed by atoms with van der Waals surface area (Å²) in [6.45, 7) is 4.49. The molecule has 238 valence electrons. The highest BCUT2D eigenvalue weighted by Gasteiger charge is 2.51. The van der Waals surface area contributed by atoms with Crippen molar-refractivity contribution < 1.29 is 18.7 Å². The van der Waals surface area contributed by atoms with Gasteiger partial charge < -0.3 is 13.9 Å². The van der Waals surface area contributed by atoms with Gasteiger partial charge in [0.25, 0.3) is 0 Å². The third-order valence-corrected chi connectivity index (χ3v) is 11.6. The summed E-state index contributed by atoms with van der Waals surface area (Å²) in [5.41, 5.74) is 3.72. The van der Waals surface area contributed by atoms with Crippen LogP contribution in [0.25, 0.3) is 11.5 Å². The zero-order valence-corrected chi connectivity index (χ0v) is 27.0. The van der Waals surface area contributed by atoms with Crippen LogP contribution in [0.2, 0.25) is 0 Å². The van der Waals surface area contributed by atoms with Crippen molar-refractivity contribution in [3.8, 4) is 17.2 Å². The number of anilines is 1. The summed E-state index contributed by atoms with van der Waals surface area (Å²) in [5.74, 6) is 3.97. The van der Waals surface area contributed by atoms with Crippen LogP contribution in [0, 0.1) is 24.2 Å². The normalized spacial score (nSPS) is 27.7. The molecular formula is C37H46N4O4. The summed E-state index contributed by atoms with van der Waals surface area (Å²) in [5, 5.41) is 8.62. The third kappa shape index (κ3) is 6.05. The number of Topliss-reactive ketones (excluding diaryl/α,β-unsaturated/α-hetero) is 1. The van der Waals surface area contributed by atoms with Crippen LogP contribution in [0.5, 0.6) is 5.75 Å². The molecule has 0 spiro atoms. The number of methoxy groups -OCH3 is 1. The summed E-state index contributed by atoms with van der Waals surface area (Å²) >= 11 is 0. The monoisotopic (exact) mass is 610 g/mol. The predicted molar refractivity (Wildman–Crippen MR) is 172 cm³/mol. The van der Waals surface area contributed by atoms with Gasteiger partial charge in [0.15, 0.2) is 0 Å². The number of benzene rings is 1. The van der Waals surface area contributed by atoms with Crippen LogP contribution in [0.3, 0.4) is 0 Å². The van der Waals surface area contributed by atoms with Crippen molar-refractivity contribution in [1.82, 2.24) is 15.2 Å². The minimum absolute atomic E-state index is 0.0477. The number of hydrogen-bond donors (Lipinski definition) is 0. The maximum absolute atomic E-state index is 14.5. The minimum atomic E-state index is -0.0477. The molecule has 0 unspecified atom stereocenters. The number of amides is 1. The van der Waals surface area contributed by atoms with Crippen molar-refractivity contribution in [2.75, 3.05) is 18.6 Å². The van der Waals surface area contributed by atoms with Gasteiger partial charge in [-0.05, 0) is 137 Å². The predicted octanol–water partition coefficient (Wildman–Crippen LogP) is 7.74. The first-order chi connectivity index (χ1) is 21.8. The number of rotatable bonds is 10. The lowest BCUT2D eigenvalue weighted by atomic mass is 9.51. The fourth-order valence-corrected chi connectivity index (χ4v) is 8.54. The molecule has 2 aromatic heterocycles. The van der Waals surface area contributed by atoms with Gasteiger partial charge in [0.2, 0.25) is 17.7 Å². The molecule has 8 nitrogen and oxygen atoms in total. The molecule has 0 aliphatic heterocycles. The SMILES string of the molecule is COc1ccc(C23CCC(CN(C(=O)C4CCC(CC(C)=O)CC4)c4cc(-c5nnc(C6CC6)o5)ccn4)(CC2)CC3)cc1C. The topological polar surface area (TPSA) is 98.4 Å². The molecule has 8 rings (SSSR count). The number of fused-ring (bicyclic) bond motifs is 3. The first-order valence-corrected chi connectivity index (χ1v) is 17.0.